The van der Waals surface area contributed by atoms with Gasteiger partial charge in [0.2, 0.25) is 0 Å². The lowest BCUT2D eigenvalue weighted by Crippen LogP contribution is -2.26. The number of rotatable bonds is 6. The number of methoxy groups -OCH3 is 1. The number of benzene rings is 2. The predicted molar refractivity (Wildman–Crippen MR) is 99.1 cm³/mol. The number of carbonyl (C=O) groups is 1. The fourth-order valence-electron chi connectivity index (χ4n) is 2.33. The molecule has 2 aromatic carbocycles. The molecule has 0 atom stereocenters. The van der Waals surface area contributed by atoms with Gasteiger partial charge in [-0.05, 0) is 52.7 Å². The second-order valence-corrected chi connectivity index (χ2v) is 6.50. The van der Waals surface area contributed by atoms with Gasteiger partial charge in [0, 0.05) is 24.2 Å². The summed E-state index contributed by atoms with van der Waals surface area (Å²) in [6.45, 7) is 2.87. The number of ether oxygens (including phenoxy) is 2. The molecule has 0 bridgehead atoms. The van der Waals surface area contributed by atoms with E-state index in [1.807, 2.05) is 25.1 Å². The van der Waals surface area contributed by atoms with E-state index < -0.39 is 0 Å². The molecule has 128 valence electrons. The molecule has 0 heterocycles. The van der Waals surface area contributed by atoms with Crippen LogP contribution in [0.5, 0.6) is 11.5 Å². The Morgan fingerprint density at radius 2 is 2.04 bits per heavy atom. The molecule has 0 fully saturated rings. The van der Waals surface area contributed by atoms with Gasteiger partial charge in [-0.15, -0.1) is 0 Å². The van der Waals surface area contributed by atoms with Gasteiger partial charge in [0.25, 0.3) is 5.91 Å². The normalized spacial score (nSPS) is 10.4. The van der Waals surface area contributed by atoms with Crippen molar-refractivity contribution in [1.29, 1.82) is 0 Å². The van der Waals surface area contributed by atoms with Gasteiger partial charge in [-0.25, -0.2) is 0 Å². The minimum atomic E-state index is -0.114. The fraction of sp³-hybridized carbons (Fsp3) is 0.278. The van der Waals surface area contributed by atoms with Crippen molar-refractivity contribution < 1.29 is 14.3 Å². The Morgan fingerprint density at radius 1 is 1.29 bits per heavy atom. The van der Waals surface area contributed by atoms with Crippen LogP contribution >= 0.6 is 27.5 Å². The second-order valence-electron chi connectivity index (χ2n) is 5.21. The maximum absolute atomic E-state index is 12.7. The summed E-state index contributed by atoms with van der Waals surface area (Å²) in [6, 6.07) is 10.9. The van der Waals surface area contributed by atoms with Crippen LogP contribution in [-0.4, -0.2) is 31.6 Å². The maximum atomic E-state index is 12.7. The molecule has 0 aromatic heterocycles. The van der Waals surface area contributed by atoms with E-state index in [1.165, 1.54) is 0 Å². The van der Waals surface area contributed by atoms with E-state index in [1.54, 1.807) is 37.3 Å². The molecule has 6 heteroatoms. The Morgan fingerprint density at radius 3 is 2.67 bits per heavy atom. The number of hydrogen-bond acceptors (Lipinski definition) is 3. The van der Waals surface area contributed by atoms with Gasteiger partial charge in [-0.1, -0.05) is 23.7 Å². The van der Waals surface area contributed by atoms with Gasteiger partial charge in [-0.3, -0.25) is 4.79 Å². The minimum absolute atomic E-state index is 0.114. The lowest BCUT2D eigenvalue weighted by Gasteiger charge is -2.19. The van der Waals surface area contributed by atoms with E-state index in [2.05, 4.69) is 15.9 Å². The molecule has 0 saturated heterocycles. The molecule has 24 heavy (non-hydrogen) atoms. The van der Waals surface area contributed by atoms with E-state index in [4.69, 9.17) is 21.1 Å². The Hall–Kier alpha value is -1.72. The van der Waals surface area contributed by atoms with Gasteiger partial charge in [-0.2, -0.15) is 0 Å². The zero-order valence-corrected chi connectivity index (χ0v) is 16.1. The van der Waals surface area contributed by atoms with Gasteiger partial charge in [0.15, 0.2) is 11.5 Å². The summed E-state index contributed by atoms with van der Waals surface area (Å²) < 4.78 is 11.6. The van der Waals surface area contributed by atoms with E-state index in [-0.39, 0.29) is 5.91 Å². The summed E-state index contributed by atoms with van der Waals surface area (Å²) in [7, 11) is 3.30. The van der Waals surface area contributed by atoms with Gasteiger partial charge in [0.1, 0.15) is 0 Å². The van der Waals surface area contributed by atoms with Crippen LogP contribution in [0.3, 0.4) is 0 Å². The lowest BCUT2D eigenvalue weighted by atomic mass is 10.1. The molecule has 0 radical (unpaired) electrons. The smallest absolute Gasteiger partial charge is 0.254 e. The highest BCUT2D eigenvalue weighted by atomic mass is 79.9. The summed E-state index contributed by atoms with van der Waals surface area (Å²) in [5.74, 6) is 0.997. The molecule has 2 rings (SSSR count). The number of hydrogen-bond donors (Lipinski definition) is 0. The Bertz CT molecular complexity index is 736. The first kappa shape index (κ1) is 18.6. The van der Waals surface area contributed by atoms with Gasteiger partial charge < -0.3 is 14.4 Å². The van der Waals surface area contributed by atoms with E-state index >= 15 is 0 Å². The Kier molecular flexibility index (Phi) is 6.52. The first-order valence-electron chi connectivity index (χ1n) is 7.46. The summed E-state index contributed by atoms with van der Waals surface area (Å²) in [6.07, 6.45) is 0. The molecule has 0 aliphatic carbocycles. The number of nitrogens with zero attached hydrogens (tertiary/aromatic N) is 1. The molecule has 0 saturated carbocycles. The van der Waals surface area contributed by atoms with E-state index in [9.17, 15) is 4.79 Å². The summed E-state index contributed by atoms with van der Waals surface area (Å²) in [4.78, 5) is 14.3. The minimum Gasteiger partial charge on any atom is -0.493 e. The van der Waals surface area contributed by atoms with Crippen LogP contribution in [-0.2, 0) is 6.54 Å². The molecule has 0 N–H and O–H groups in total. The summed E-state index contributed by atoms with van der Waals surface area (Å²) in [5.41, 5.74) is 1.49. The van der Waals surface area contributed by atoms with E-state index in [0.29, 0.717) is 39.7 Å². The van der Waals surface area contributed by atoms with Crippen molar-refractivity contribution in [2.45, 2.75) is 13.5 Å². The van der Waals surface area contributed by atoms with E-state index in [0.717, 1.165) is 5.56 Å². The van der Waals surface area contributed by atoms with Gasteiger partial charge in [0.05, 0.1) is 18.2 Å². The van der Waals surface area contributed by atoms with Crippen LogP contribution < -0.4 is 9.47 Å². The Balaban J connectivity index is 2.23. The third-order valence-corrected chi connectivity index (χ3v) is 4.24. The number of carbonyl (C=O) groups excluding carboxylic acids is 1. The monoisotopic (exact) mass is 411 g/mol. The molecule has 1 amide bonds. The summed E-state index contributed by atoms with van der Waals surface area (Å²) >= 11 is 9.43. The molecule has 0 unspecified atom stereocenters. The molecule has 0 spiro atoms. The predicted octanol–water partition coefficient (Wildman–Crippen LogP) is 4.78. The van der Waals surface area contributed by atoms with Crippen molar-refractivity contribution in [1.82, 2.24) is 4.90 Å². The van der Waals surface area contributed by atoms with Crippen molar-refractivity contribution in [3.63, 3.8) is 0 Å². The Labute approximate surface area is 155 Å². The molecular formula is C18H19BrClNO3. The third-order valence-electron chi connectivity index (χ3n) is 3.42. The average molecular weight is 413 g/mol. The van der Waals surface area contributed by atoms with Gasteiger partial charge >= 0.3 is 0 Å². The summed E-state index contributed by atoms with van der Waals surface area (Å²) in [5, 5.41) is 0.652. The van der Waals surface area contributed by atoms with Crippen molar-refractivity contribution in [2.75, 3.05) is 20.8 Å². The molecular weight excluding hydrogens is 394 g/mol. The van der Waals surface area contributed by atoms with Crippen LogP contribution in [0.4, 0.5) is 0 Å². The van der Waals surface area contributed by atoms with Crippen LogP contribution in [0.15, 0.2) is 40.9 Å². The standard InChI is InChI=1S/C18H19BrClNO3/c1-4-24-17-15(19)9-13(10-16(17)23-3)18(22)21(2)11-12-6-5-7-14(20)8-12/h5-10H,4,11H2,1-3H3. The quantitative estimate of drug-likeness (QED) is 0.685. The molecule has 0 aliphatic rings. The van der Waals surface area contributed by atoms with Crippen LogP contribution in [0, 0.1) is 0 Å². The highest BCUT2D eigenvalue weighted by molar-refractivity contribution is 9.10. The largest absolute Gasteiger partial charge is 0.493 e. The van der Waals surface area contributed by atoms with Crippen molar-refractivity contribution in [3.05, 3.63) is 57.0 Å². The zero-order chi connectivity index (χ0) is 17.7. The van der Waals surface area contributed by atoms with Crippen molar-refractivity contribution >= 4 is 33.4 Å². The molecule has 4 nitrogen and oxygen atoms in total. The number of halogens is 2. The first-order valence-corrected chi connectivity index (χ1v) is 8.63. The topological polar surface area (TPSA) is 38.8 Å². The third kappa shape index (κ3) is 4.42. The van der Waals surface area contributed by atoms with Crippen LogP contribution in [0.2, 0.25) is 5.02 Å². The maximum Gasteiger partial charge on any atom is 0.254 e. The second kappa shape index (κ2) is 8.40. The van der Waals surface area contributed by atoms with Crippen LogP contribution in [0.1, 0.15) is 22.8 Å². The highest BCUT2D eigenvalue weighted by Crippen LogP contribution is 2.37. The van der Waals surface area contributed by atoms with Crippen LogP contribution in [0.25, 0.3) is 0 Å². The number of amides is 1. The first-order chi connectivity index (χ1) is 11.5. The van der Waals surface area contributed by atoms with Crippen molar-refractivity contribution in [3.8, 4) is 11.5 Å². The zero-order valence-electron chi connectivity index (χ0n) is 13.8. The molecule has 0 aliphatic heterocycles. The molecule has 2 aromatic rings. The highest BCUT2D eigenvalue weighted by Gasteiger charge is 2.18. The fourth-order valence-corrected chi connectivity index (χ4v) is 3.10. The lowest BCUT2D eigenvalue weighted by molar-refractivity contribution is 0.0784. The van der Waals surface area contributed by atoms with Crippen molar-refractivity contribution in [2.24, 2.45) is 0 Å². The SMILES string of the molecule is CCOc1c(Br)cc(C(=O)N(C)Cc2cccc(Cl)c2)cc1OC. The average Bonchev–Trinajstić information content (AvgIpc) is 2.55.